The molecule has 0 aliphatic carbocycles. The first-order valence-corrected chi connectivity index (χ1v) is 4.58. The molecule has 0 aliphatic heterocycles. The maximum Gasteiger partial charge on any atom is 0.225 e. The molecule has 0 saturated heterocycles. The van der Waals surface area contributed by atoms with Crippen molar-refractivity contribution in [1.29, 1.82) is 0 Å². The summed E-state index contributed by atoms with van der Waals surface area (Å²) in [4.78, 5) is 11.1. The predicted molar refractivity (Wildman–Crippen MR) is 54.8 cm³/mol. The van der Waals surface area contributed by atoms with Crippen LogP contribution in [0.25, 0.3) is 0 Å². The molecule has 0 fully saturated rings. The molecule has 1 aromatic rings. The van der Waals surface area contributed by atoms with E-state index in [0.717, 1.165) is 0 Å². The fraction of sp³-hybridized carbons (Fsp3) is 0.222. The monoisotopic (exact) mass is 216 g/mol. The standard InChI is InChI=1S/C9H10ClFN2O/c10-4-3-9(14)13-8-5-6(11)1-2-7(8)12/h1-2,5H,3-4,12H2,(H,13,14). The molecule has 0 heterocycles. The zero-order valence-electron chi connectivity index (χ0n) is 7.39. The van der Waals surface area contributed by atoms with Crippen LogP contribution in [0.4, 0.5) is 15.8 Å². The fourth-order valence-corrected chi connectivity index (χ4v) is 1.11. The third kappa shape index (κ3) is 2.88. The average molecular weight is 217 g/mol. The molecule has 0 bridgehead atoms. The van der Waals surface area contributed by atoms with Crippen LogP contribution in [0.2, 0.25) is 0 Å². The number of anilines is 2. The predicted octanol–water partition coefficient (Wildman–Crippen LogP) is 1.98. The molecule has 0 saturated carbocycles. The highest BCUT2D eigenvalue weighted by Crippen LogP contribution is 2.19. The summed E-state index contributed by atoms with van der Waals surface area (Å²) in [6.07, 6.45) is 0.178. The van der Waals surface area contributed by atoms with Crippen molar-refractivity contribution < 1.29 is 9.18 Å². The van der Waals surface area contributed by atoms with E-state index in [1.165, 1.54) is 18.2 Å². The molecule has 0 spiro atoms. The maximum absolute atomic E-state index is 12.8. The van der Waals surface area contributed by atoms with Crippen LogP contribution < -0.4 is 11.1 Å². The Labute approximate surface area is 86.0 Å². The molecule has 1 aromatic carbocycles. The van der Waals surface area contributed by atoms with E-state index >= 15 is 0 Å². The molecule has 0 atom stereocenters. The van der Waals surface area contributed by atoms with Crippen molar-refractivity contribution in [2.24, 2.45) is 0 Å². The number of benzene rings is 1. The molecule has 3 nitrogen and oxygen atoms in total. The molecule has 0 unspecified atom stereocenters. The van der Waals surface area contributed by atoms with Gasteiger partial charge >= 0.3 is 0 Å². The normalized spacial score (nSPS) is 9.86. The highest BCUT2D eigenvalue weighted by Gasteiger charge is 2.05. The number of carbonyl (C=O) groups excluding carboxylic acids is 1. The highest BCUT2D eigenvalue weighted by atomic mass is 35.5. The Balaban J connectivity index is 2.75. The number of halogens is 2. The fourth-order valence-electron chi connectivity index (χ4n) is 0.935. The topological polar surface area (TPSA) is 55.1 Å². The van der Waals surface area contributed by atoms with E-state index in [2.05, 4.69) is 5.32 Å². The quantitative estimate of drug-likeness (QED) is 0.600. The van der Waals surface area contributed by atoms with Crippen LogP contribution in [0.1, 0.15) is 6.42 Å². The Hall–Kier alpha value is -1.29. The van der Waals surface area contributed by atoms with Crippen LogP contribution in [0.3, 0.4) is 0 Å². The number of hydrogen-bond donors (Lipinski definition) is 2. The molecule has 76 valence electrons. The van der Waals surface area contributed by atoms with Crippen molar-refractivity contribution in [3.05, 3.63) is 24.0 Å². The first-order valence-electron chi connectivity index (χ1n) is 4.04. The SMILES string of the molecule is Nc1ccc(F)cc1NC(=O)CCCl. The Morgan fingerprint density at radius 1 is 1.57 bits per heavy atom. The second-order valence-electron chi connectivity index (χ2n) is 2.72. The van der Waals surface area contributed by atoms with Crippen LogP contribution in [-0.4, -0.2) is 11.8 Å². The lowest BCUT2D eigenvalue weighted by Crippen LogP contribution is -2.13. The van der Waals surface area contributed by atoms with Gasteiger partial charge in [0.05, 0.1) is 11.4 Å². The van der Waals surface area contributed by atoms with Gasteiger partial charge in [0, 0.05) is 12.3 Å². The van der Waals surface area contributed by atoms with Gasteiger partial charge in [-0.1, -0.05) is 0 Å². The maximum atomic E-state index is 12.8. The minimum atomic E-state index is -0.444. The zero-order chi connectivity index (χ0) is 10.6. The molecular formula is C9H10ClFN2O. The number of amides is 1. The second kappa shape index (κ2) is 4.81. The first-order chi connectivity index (χ1) is 6.63. The Morgan fingerprint density at radius 3 is 2.93 bits per heavy atom. The summed E-state index contributed by atoms with van der Waals surface area (Å²) in [6, 6.07) is 3.79. The van der Waals surface area contributed by atoms with E-state index in [1.54, 1.807) is 0 Å². The highest BCUT2D eigenvalue weighted by molar-refractivity contribution is 6.19. The van der Waals surface area contributed by atoms with Crippen molar-refractivity contribution >= 4 is 28.9 Å². The van der Waals surface area contributed by atoms with Gasteiger partial charge in [0.25, 0.3) is 0 Å². The van der Waals surface area contributed by atoms with Crippen LogP contribution >= 0.6 is 11.6 Å². The molecule has 5 heteroatoms. The second-order valence-corrected chi connectivity index (χ2v) is 3.10. The summed E-state index contributed by atoms with van der Waals surface area (Å²) in [5, 5.41) is 2.46. The van der Waals surface area contributed by atoms with Crippen molar-refractivity contribution in [3.63, 3.8) is 0 Å². The van der Waals surface area contributed by atoms with Gasteiger partial charge in [-0.25, -0.2) is 4.39 Å². The Kier molecular flexibility index (Phi) is 3.71. The van der Waals surface area contributed by atoms with Gasteiger partial charge in [-0.2, -0.15) is 0 Å². The summed E-state index contributed by atoms with van der Waals surface area (Å²) < 4.78 is 12.8. The van der Waals surface area contributed by atoms with E-state index in [1.807, 2.05) is 0 Å². The Morgan fingerprint density at radius 2 is 2.29 bits per heavy atom. The molecule has 0 radical (unpaired) electrons. The summed E-state index contributed by atoms with van der Waals surface area (Å²) in [7, 11) is 0. The van der Waals surface area contributed by atoms with E-state index in [-0.39, 0.29) is 23.9 Å². The molecule has 1 rings (SSSR count). The molecule has 0 aromatic heterocycles. The smallest absolute Gasteiger partial charge is 0.225 e. The van der Waals surface area contributed by atoms with Gasteiger partial charge in [0.1, 0.15) is 5.82 Å². The summed E-state index contributed by atoms with van der Waals surface area (Å²) in [5.41, 5.74) is 6.13. The summed E-state index contributed by atoms with van der Waals surface area (Å²) in [6.45, 7) is 0. The summed E-state index contributed by atoms with van der Waals surface area (Å²) >= 11 is 5.37. The van der Waals surface area contributed by atoms with E-state index in [9.17, 15) is 9.18 Å². The lowest BCUT2D eigenvalue weighted by Gasteiger charge is -2.06. The van der Waals surface area contributed by atoms with Crippen LogP contribution in [-0.2, 0) is 4.79 Å². The van der Waals surface area contributed by atoms with Gasteiger partial charge in [0.15, 0.2) is 0 Å². The third-order valence-electron chi connectivity index (χ3n) is 1.61. The number of rotatable bonds is 3. The number of nitrogen functional groups attached to an aromatic ring is 1. The lowest BCUT2D eigenvalue weighted by molar-refractivity contribution is -0.115. The van der Waals surface area contributed by atoms with Crippen LogP contribution in [0.15, 0.2) is 18.2 Å². The lowest BCUT2D eigenvalue weighted by atomic mass is 10.2. The number of carbonyl (C=O) groups is 1. The summed E-state index contributed by atoms with van der Waals surface area (Å²) in [5.74, 6) is -0.501. The van der Waals surface area contributed by atoms with Crippen LogP contribution in [0, 0.1) is 5.82 Å². The largest absolute Gasteiger partial charge is 0.397 e. The minimum absolute atomic E-state index is 0.178. The Bertz CT molecular complexity index is 344. The number of nitrogens with two attached hydrogens (primary N) is 1. The van der Waals surface area contributed by atoms with Crippen molar-refractivity contribution in [1.82, 2.24) is 0 Å². The minimum Gasteiger partial charge on any atom is -0.397 e. The van der Waals surface area contributed by atoms with Crippen LogP contribution in [0.5, 0.6) is 0 Å². The van der Waals surface area contributed by atoms with Gasteiger partial charge in [-0.05, 0) is 18.2 Å². The van der Waals surface area contributed by atoms with Crippen molar-refractivity contribution in [2.45, 2.75) is 6.42 Å². The molecule has 3 N–H and O–H groups in total. The average Bonchev–Trinajstić information content (AvgIpc) is 2.12. The first kappa shape index (κ1) is 10.8. The number of alkyl halides is 1. The van der Waals surface area contributed by atoms with E-state index in [4.69, 9.17) is 17.3 Å². The van der Waals surface area contributed by atoms with Gasteiger partial charge in [-0.3, -0.25) is 4.79 Å². The van der Waals surface area contributed by atoms with Gasteiger partial charge in [-0.15, -0.1) is 11.6 Å². The zero-order valence-corrected chi connectivity index (χ0v) is 8.14. The van der Waals surface area contributed by atoms with Crippen molar-refractivity contribution in [3.8, 4) is 0 Å². The molecule has 0 aliphatic rings. The third-order valence-corrected chi connectivity index (χ3v) is 1.80. The molecular weight excluding hydrogens is 207 g/mol. The van der Waals surface area contributed by atoms with Gasteiger partial charge < -0.3 is 11.1 Å². The van der Waals surface area contributed by atoms with Crippen molar-refractivity contribution in [2.75, 3.05) is 16.9 Å². The number of hydrogen-bond acceptors (Lipinski definition) is 2. The molecule has 14 heavy (non-hydrogen) atoms. The van der Waals surface area contributed by atoms with Gasteiger partial charge in [0.2, 0.25) is 5.91 Å². The van der Waals surface area contributed by atoms with E-state index < -0.39 is 5.82 Å². The number of nitrogens with one attached hydrogen (secondary N) is 1. The molecule has 1 amide bonds. The van der Waals surface area contributed by atoms with E-state index in [0.29, 0.717) is 5.69 Å².